The van der Waals surface area contributed by atoms with Gasteiger partial charge in [0.05, 0.1) is 5.52 Å². The summed E-state index contributed by atoms with van der Waals surface area (Å²) in [5.74, 6) is 0. The molecule has 0 atom stereocenters. The minimum atomic E-state index is 0.701. The van der Waals surface area contributed by atoms with Crippen LogP contribution in [-0.2, 0) is 0 Å². The summed E-state index contributed by atoms with van der Waals surface area (Å²) >= 11 is 5.75. The van der Waals surface area contributed by atoms with E-state index in [0.717, 1.165) is 10.9 Å². The van der Waals surface area contributed by atoms with Crippen LogP contribution in [0.5, 0.6) is 0 Å². The van der Waals surface area contributed by atoms with Crippen molar-refractivity contribution in [1.82, 2.24) is 9.97 Å². The largest absolute Gasteiger partial charge is 0.233 e. The molecule has 53 valence electrons. The molecule has 11 heavy (non-hydrogen) atoms. The Morgan fingerprint density at radius 1 is 1.36 bits per heavy atom. The van der Waals surface area contributed by atoms with Gasteiger partial charge in [-0.3, -0.25) is 0 Å². The van der Waals surface area contributed by atoms with E-state index in [4.69, 9.17) is 11.6 Å². The van der Waals surface area contributed by atoms with Crippen molar-refractivity contribution in [3.8, 4) is 0 Å². The van der Waals surface area contributed by atoms with Crippen LogP contribution in [0.25, 0.3) is 10.9 Å². The van der Waals surface area contributed by atoms with Crippen molar-refractivity contribution in [1.29, 1.82) is 0 Å². The highest BCUT2D eigenvalue weighted by Gasteiger charge is 1.93. The van der Waals surface area contributed by atoms with Gasteiger partial charge < -0.3 is 0 Å². The van der Waals surface area contributed by atoms with Crippen LogP contribution in [0.15, 0.2) is 24.4 Å². The first-order valence-corrected chi connectivity index (χ1v) is 3.52. The van der Waals surface area contributed by atoms with E-state index in [1.165, 1.54) is 0 Å². The average molecular weight is 164 g/mol. The number of fused-ring (bicyclic) bond motifs is 1. The van der Waals surface area contributed by atoms with E-state index in [-0.39, 0.29) is 0 Å². The Morgan fingerprint density at radius 3 is 3.18 bits per heavy atom. The van der Waals surface area contributed by atoms with E-state index >= 15 is 0 Å². The second-order valence-corrected chi connectivity index (χ2v) is 2.61. The zero-order chi connectivity index (χ0) is 7.68. The topological polar surface area (TPSA) is 25.8 Å². The molecule has 0 aliphatic carbocycles. The van der Waals surface area contributed by atoms with E-state index in [2.05, 4.69) is 16.3 Å². The van der Waals surface area contributed by atoms with Gasteiger partial charge in [-0.1, -0.05) is 11.6 Å². The van der Waals surface area contributed by atoms with Gasteiger partial charge in [-0.25, -0.2) is 9.97 Å². The molecule has 0 saturated carbocycles. The van der Waals surface area contributed by atoms with Crippen molar-refractivity contribution in [2.75, 3.05) is 0 Å². The van der Waals surface area contributed by atoms with Gasteiger partial charge in [0.1, 0.15) is 0 Å². The molecule has 1 aromatic heterocycles. The summed E-state index contributed by atoms with van der Waals surface area (Å²) in [7, 11) is 0. The van der Waals surface area contributed by atoms with Crippen LogP contribution in [0.2, 0.25) is 5.02 Å². The van der Waals surface area contributed by atoms with Gasteiger partial charge in [0, 0.05) is 16.6 Å². The van der Waals surface area contributed by atoms with E-state index in [9.17, 15) is 0 Å². The number of benzene rings is 1. The second-order valence-electron chi connectivity index (χ2n) is 2.17. The molecule has 2 aromatic rings. The standard InChI is InChI=1S/C8H4ClN2/c9-7-1-2-8-6(3-7)4-10-5-11-8/h1-4H. The lowest BCUT2D eigenvalue weighted by Gasteiger charge is -1.93. The summed E-state index contributed by atoms with van der Waals surface area (Å²) in [6.07, 6.45) is 4.20. The number of aromatic nitrogens is 2. The maximum atomic E-state index is 5.75. The fourth-order valence-electron chi connectivity index (χ4n) is 0.912. The van der Waals surface area contributed by atoms with Crippen molar-refractivity contribution in [3.63, 3.8) is 0 Å². The molecular weight excluding hydrogens is 160 g/mol. The second kappa shape index (κ2) is 2.47. The monoisotopic (exact) mass is 163 g/mol. The normalized spacial score (nSPS) is 10.3. The van der Waals surface area contributed by atoms with E-state index in [1.807, 2.05) is 12.1 Å². The first-order valence-electron chi connectivity index (χ1n) is 3.14. The average Bonchev–Trinajstić information content (AvgIpc) is 2.04. The van der Waals surface area contributed by atoms with E-state index in [1.54, 1.807) is 12.3 Å². The summed E-state index contributed by atoms with van der Waals surface area (Å²) < 4.78 is 0. The number of halogens is 1. The molecule has 0 aliphatic rings. The van der Waals surface area contributed by atoms with Crippen LogP contribution in [0.1, 0.15) is 0 Å². The summed E-state index contributed by atoms with van der Waals surface area (Å²) in [6, 6.07) is 5.46. The highest BCUT2D eigenvalue weighted by molar-refractivity contribution is 6.31. The van der Waals surface area contributed by atoms with Gasteiger partial charge in [0.25, 0.3) is 0 Å². The SMILES string of the molecule is Clc1ccc2n[c]ncc2c1. The van der Waals surface area contributed by atoms with E-state index < -0.39 is 0 Å². The molecule has 0 amide bonds. The molecule has 0 aliphatic heterocycles. The quantitative estimate of drug-likeness (QED) is 0.594. The molecule has 0 fully saturated rings. The van der Waals surface area contributed by atoms with Gasteiger partial charge in [0.15, 0.2) is 6.33 Å². The molecular formula is C8H4ClN2. The van der Waals surface area contributed by atoms with Crippen molar-refractivity contribution >= 4 is 22.5 Å². The van der Waals surface area contributed by atoms with Gasteiger partial charge in [-0.15, -0.1) is 0 Å². The first-order chi connectivity index (χ1) is 5.36. The Hall–Kier alpha value is -1.15. The summed E-state index contributed by atoms with van der Waals surface area (Å²) in [4.78, 5) is 7.69. The number of rotatable bonds is 0. The zero-order valence-corrected chi connectivity index (χ0v) is 6.34. The minimum Gasteiger partial charge on any atom is -0.233 e. The van der Waals surface area contributed by atoms with Crippen LogP contribution >= 0.6 is 11.6 Å². The fourth-order valence-corrected chi connectivity index (χ4v) is 1.09. The third kappa shape index (κ3) is 1.17. The minimum absolute atomic E-state index is 0.701. The molecule has 2 rings (SSSR count). The predicted octanol–water partition coefficient (Wildman–Crippen LogP) is 2.08. The molecule has 1 heterocycles. The van der Waals surface area contributed by atoms with Crippen LogP contribution in [0.3, 0.4) is 0 Å². The highest BCUT2D eigenvalue weighted by Crippen LogP contribution is 2.15. The molecule has 2 nitrogen and oxygen atoms in total. The Kier molecular flexibility index (Phi) is 1.47. The summed E-state index contributed by atoms with van der Waals surface area (Å²) in [6.45, 7) is 0. The van der Waals surface area contributed by atoms with Crippen LogP contribution in [0, 0.1) is 6.33 Å². The zero-order valence-electron chi connectivity index (χ0n) is 5.58. The van der Waals surface area contributed by atoms with Gasteiger partial charge >= 0.3 is 0 Å². The van der Waals surface area contributed by atoms with Gasteiger partial charge in [-0.2, -0.15) is 0 Å². The fraction of sp³-hybridized carbons (Fsp3) is 0. The predicted molar refractivity (Wildman–Crippen MR) is 43.4 cm³/mol. The summed E-state index contributed by atoms with van der Waals surface area (Å²) in [5.41, 5.74) is 0.865. The Bertz CT molecular complexity index is 387. The molecule has 0 saturated heterocycles. The Balaban J connectivity index is 2.83. The number of nitrogens with zero attached hydrogens (tertiary/aromatic N) is 2. The Labute approximate surface area is 68.9 Å². The molecule has 0 unspecified atom stereocenters. The third-order valence-electron chi connectivity index (χ3n) is 1.42. The van der Waals surface area contributed by atoms with Crippen molar-refractivity contribution in [2.45, 2.75) is 0 Å². The van der Waals surface area contributed by atoms with Crippen molar-refractivity contribution in [3.05, 3.63) is 35.7 Å². The van der Waals surface area contributed by atoms with Gasteiger partial charge in [-0.05, 0) is 18.2 Å². The smallest absolute Gasteiger partial charge is 0.198 e. The van der Waals surface area contributed by atoms with Crippen LogP contribution in [0.4, 0.5) is 0 Å². The first kappa shape index (κ1) is 6.55. The number of hydrogen-bond acceptors (Lipinski definition) is 2. The van der Waals surface area contributed by atoms with Crippen LogP contribution < -0.4 is 0 Å². The van der Waals surface area contributed by atoms with Crippen molar-refractivity contribution < 1.29 is 0 Å². The van der Waals surface area contributed by atoms with Gasteiger partial charge in [0.2, 0.25) is 0 Å². The molecule has 1 aromatic carbocycles. The van der Waals surface area contributed by atoms with Crippen molar-refractivity contribution in [2.24, 2.45) is 0 Å². The Morgan fingerprint density at radius 2 is 2.27 bits per heavy atom. The lowest BCUT2D eigenvalue weighted by molar-refractivity contribution is 1.20. The third-order valence-corrected chi connectivity index (χ3v) is 1.66. The van der Waals surface area contributed by atoms with E-state index in [0.29, 0.717) is 5.02 Å². The molecule has 0 spiro atoms. The summed E-state index contributed by atoms with van der Waals surface area (Å²) in [5, 5.41) is 1.64. The molecule has 1 radical (unpaired) electrons. The van der Waals surface area contributed by atoms with Crippen LogP contribution in [-0.4, -0.2) is 9.97 Å². The molecule has 3 heteroatoms. The number of hydrogen-bond donors (Lipinski definition) is 0. The molecule has 0 N–H and O–H groups in total. The lowest BCUT2D eigenvalue weighted by atomic mass is 10.2. The maximum absolute atomic E-state index is 5.75. The highest BCUT2D eigenvalue weighted by atomic mass is 35.5. The lowest BCUT2D eigenvalue weighted by Crippen LogP contribution is -1.79. The maximum Gasteiger partial charge on any atom is 0.198 e. The molecule has 0 bridgehead atoms.